The Bertz CT molecular complexity index is 396. The lowest BCUT2D eigenvalue weighted by molar-refractivity contribution is -0.315. The zero-order valence-corrected chi connectivity index (χ0v) is 14.0. The van der Waals surface area contributed by atoms with E-state index in [1.165, 1.54) is 0 Å². The van der Waals surface area contributed by atoms with Gasteiger partial charge in [0.25, 0.3) is 0 Å². The van der Waals surface area contributed by atoms with Crippen LogP contribution in [0.4, 0.5) is 4.79 Å². The fraction of sp³-hybridized carbons (Fsp3) is 0.824. The first kappa shape index (κ1) is 17.3. The second kappa shape index (κ2) is 7.01. The van der Waals surface area contributed by atoms with Crippen LogP contribution < -0.4 is 5.32 Å². The zero-order valence-electron chi connectivity index (χ0n) is 14.0. The molecule has 2 aliphatic rings. The third-order valence-electron chi connectivity index (χ3n) is 4.19. The SMILES string of the molecule is C=CC[C@H]1CCC[C@@H](NC(=O)OC(C)(C)C)C12OCCCO2. The standard InChI is InChI=1S/C17H29NO4/c1-5-8-13-9-6-10-14(17(13)20-11-7-12-21-17)18-15(19)22-16(2,3)4/h5,13-14H,1,6-12H2,2-4H3,(H,18,19)/t13-,14+/m0/s1. The van der Waals surface area contributed by atoms with E-state index in [0.29, 0.717) is 13.2 Å². The molecule has 2 rings (SSSR count). The fourth-order valence-electron chi connectivity index (χ4n) is 3.36. The highest BCUT2D eigenvalue weighted by Gasteiger charge is 2.51. The molecule has 126 valence electrons. The van der Waals surface area contributed by atoms with Crippen LogP contribution in [0.2, 0.25) is 0 Å². The van der Waals surface area contributed by atoms with Gasteiger partial charge in [-0.05, 0) is 46.5 Å². The third kappa shape index (κ3) is 4.02. The maximum Gasteiger partial charge on any atom is 0.408 e. The molecule has 0 unspecified atom stereocenters. The number of carbonyl (C=O) groups is 1. The summed E-state index contributed by atoms with van der Waals surface area (Å²) in [7, 11) is 0. The Morgan fingerprint density at radius 1 is 1.32 bits per heavy atom. The van der Waals surface area contributed by atoms with E-state index in [1.807, 2.05) is 26.8 Å². The molecule has 2 fully saturated rings. The molecule has 1 spiro atoms. The number of ether oxygens (including phenoxy) is 3. The molecule has 1 saturated heterocycles. The zero-order chi connectivity index (χ0) is 16.2. The largest absolute Gasteiger partial charge is 0.444 e. The molecule has 0 aromatic heterocycles. The minimum absolute atomic E-state index is 0.179. The van der Waals surface area contributed by atoms with Gasteiger partial charge >= 0.3 is 6.09 Å². The van der Waals surface area contributed by atoms with Crippen LogP contribution in [0.15, 0.2) is 12.7 Å². The molecule has 22 heavy (non-hydrogen) atoms. The van der Waals surface area contributed by atoms with E-state index < -0.39 is 17.5 Å². The second-order valence-corrected chi connectivity index (χ2v) is 7.12. The number of allylic oxidation sites excluding steroid dienone is 1. The molecule has 1 saturated carbocycles. The van der Waals surface area contributed by atoms with E-state index in [2.05, 4.69) is 11.9 Å². The second-order valence-electron chi connectivity index (χ2n) is 7.12. The summed E-state index contributed by atoms with van der Waals surface area (Å²) in [6.45, 7) is 10.8. The molecule has 5 nitrogen and oxygen atoms in total. The van der Waals surface area contributed by atoms with Crippen molar-refractivity contribution in [2.45, 2.75) is 70.3 Å². The van der Waals surface area contributed by atoms with Crippen LogP contribution in [-0.4, -0.2) is 36.7 Å². The Balaban J connectivity index is 2.12. The monoisotopic (exact) mass is 311 g/mol. The maximum absolute atomic E-state index is 12.2. The van der Waals surface area contributed by atoms with Crippen molar-refractivity contribution in [3.05, 3.63) is 12.7 Å². The lowest BCUT2D eigenvalue weighted by Gasteiger charge is -2.50. The van der Waals surface area contributed by atoms with Crippen molar-refractivity contribution < 1.29 is 19.0 Å². The van der Waals surface area contributed by atoms with Crippen molar-refractivity contribution >= 4 is 6.09 Å². The van der Waals surface area contributed by atoms with E-state index in [9.17, 15) is 4.79 Å². The molecule has 2 atom stereocenters. The van der Waals surface area contributed by atoms with Crippen molar-refractivity contribution in [2.75, 3.05) is 13.2 Å². The smallest absolute Gasteiger partial charge is 0.408 e. The number of rotatable bonds is 3. The highest BCUT2D eigenvalue weighted by molar-refractivity contribution is 5.68. The van der Waals surface area contributed by atoms with E-state index in [1.54, 1.807) is 0 Å². The minimum Gasteiger partial charge on any atom is -0.444 e. The predicted octanol–water partition coefficient (Wildman–Crippen LogP) is 3.39. The van der Waals surface area contributed by atoms with E-state index in [4.69, 9.17) is 14.2 Å². The summed E-state index contributed by atoms with van der Waals surface area (Å²) in [5, 5.41) is 2.98. The quantitative estimate of drug-likeness (QED) is 0.812. The number of nitrogens with one attached hydrogen (secondary N) is 1. The van der Waals surface area contributed by atoms with Crippen LogP contribution in [0.3, 0.4) is 0 Å². The number of alkyl carbamates (subject to hydrolysis) is 1. The number of carbonyl (C=O) groups excluding carboxylic acids is 1. The topological polar surface area (TPSA) is 56.8 Å². The predicted molar refractivity (Wildman–Crippen MR) is 84.6 cm³/mol. The highest BCUT2D eigenvalue weighted by atomic mass is 16.7. The maximum atomic E-state index is 12.2. The average molecular weight is 311 g/mol. The van der Waals surface area contributed by atoms with Gasteiger partial charge in [0.15, 0.2) is 5.79 Å². The van der Waals surface area contributed by atoms with Crippen molar-refractivity contribution in [3.8, 4) is 0 Å². The van der Waals surface area contributed by atoms with Crippen molar-refractivity contribution in [1.29, 1.82) is 0 Å². The van der Waals surface area contributed by atoms with Crippen molar-refractivity contribution in [1.82, 2.24) is 5.32 Å². The fourth-order valence-corrected chi connectivity index (χ4v) is 3.36. The first-order valence-corrected chi connectivity index (χ1v) is 8.26. The summed E-state index contributed by atoms with van der Waals surface area (Å²) in [6, 6.07) is -0.179. The van der Waals surface area contributed by atoms with Gasteiger partial charge in [0.1, 0.15) is 5.60 Å². The van der Waals surface area contributed by atoms with Gasteiger partial charge in [-0.25, -0.2) is 4.79 Å². The summed E-state index contributed by atoms with van der Waals surface area (Å²) in [5.74, 6) is -0.513. The van der Waals surface area contributed by atoms with Crippen LogP contribution in [0.5, 0.6) is 0 Å². The van der Waals surface area contributed by atoms with Gasteiger partial charge in [0, 0.05) is 5.92 Å². The molecule has 1 aliphatic heterocycles. The van der Waals surface area contributed by atoms with Crippen LogP contribution in [0.1, 0.15) is 52.9 Å². The Morgan fingerprint density at radius 3 is 2.59 bits per heavy atom. The molecule has 1 heterocycles. The van der Waals surface area contributed by atoms with Gasteiger partial charge in [-0.1, -0.05) is 12.5 Å². The first-order valence-electron chi connectivity index (χ1n) is 8.26. The molecule has 0 bridgehead atoms. The van der Waals surface area contributed by atoms with Gasteiger partial charge in [0.2, 0.25) is 0 Å². The number of hydrogen-bond donors (Lipinski definition) is 1. The lowest BCUT2D eigenvalue weighted by Crippen LogP contribution is -2.63. The van der Waals surface area contributed by atoms with Gasteiger partial charge in [-0.2, -0.15) is 0 Å². The molecule has 0 aromatic rings. The first-order chi connectivity index (χ1) is 10.4. The van der Waals surface area contributed by atoms with E-state index in [-0.39, 0.29) is 12.0 Å². The molecule has 1 aliphatic carbocycles. The Labute approximate surface area is 133 Å². The molecule has 1 amide bonds. The summed E-state index contributed by atoms with van der Waals surface area (Å²) >= 11 is 0. The normalized spacial score (nSPS) is 28.1. The molecular formula is C17H29NO4. The van der Waals surface area contributed by atoms with E-state index in [0.717, 1.165) is 32.1 Å². The van der Waals surface area contributed by atoms with Gasteiger partial charge < -0.3 is 19.5 Å². The molecular weight excluding hydrogens is 282 g/mol. The third-order valence-corrected chi connectivity index (χ3v) is 4.19. The van der Waals surface area contributed by atoms with Gasteiger partial charge in [-0.15, -0.1) is 6.58 Å². The van der Waals surface area contributed by atoms with Crippen LogP contribution in [-0.2, 0) is 14.2 Å². The highest BCUT2D eigenvalue weighted by Crippen LogP contribution is 2.42. The molecule has 5 heteroatoms. The number of hydrogen-bond acceptors (Lipinski definition) is 4. The number of amides is 1. The summed E-state index contributed by atoms with van der Waals surface area (Å²) < 4.78 is 17.5. The summed E-state index contributed by atoms with van der Waals surface area (Å²) in [6.07, 6.45) is 6.12. The Morgan fingerprint density at radius 2 is 2.00 bits per heavy atom. The Kier molecular flexibility index (Phi) is 5.50. The van der Waals surface area contributed by atoms with Crippen LogP contribution in [0, 0.1) is 5.92 Å². The summed E-state index contributed by atoms with van der Waals surface area (Å²) in [4.78, 5) is 12.2. The van der Waals surface area contributed by atoms with Crippen molar-refractivity contribution in [3.63, 3.8) is 0 Å². The lowest BCUT2D eigenvalue weighted by atomic mass is 9.77. The van der Waals surface area contributed by atoms with Crippen molar-refractivity contribution in [2.24, 2.45) is 5.92 Å². The molecule has 1 N–H and O–H groups in total. The van der Waals surface area contributed by atoms with Gasteiger partial charge in [0.05, 0.1) is 19.3 Å². The average Bonchev–Trinajstić information content (AvgIpc) is 2.43. The minimum atomic E-state index is -0.735. The van der Waals surface area contributed by atoms with Crippen LogP contribution in [0.25, 0.3) is 0 Å². The molecule has 0 aromatic carbocycles. The van der Waals surface area contributed by atoms with E-state index >= 15 is 0 Å². The molecule has 0 radical (unpaired) electrons. The van der Waals surface area contributed by atoms with Crippen LogP contribution >= 0.6 is 0 Å². The Hall–Kier alpha value is -1.07. The van der Waals surface area contributed by atoms with Gasteiger partial charge in [-0.3, -0.25) is 0 Å². The summed E-state index contributed by atoms with van der Waals surface area (Å²) in [5.41, 5.74) is -0.513.